The minimum absolute atomic E-state index is 0.0530. The number of carbonyl (C=O) groups is 1. The number of rotatable bonds is 4. The number of hydrogen-bond donors (Lipinski definition) is 3. The summed E-state index contributed by atoms with van der Waals surface area (Å²) < 4.78 is 0. The summed E-state index contributed by atoms with van der Waals surface area (Å²) in [6, 6.07) is -0.0530. The molecule has 4 heteroatoms. The fourth-order valence-corrected chi connectivity index (χ4v) is 2.39. The molecule has 2 unspecified atom stereocenters. The summed E-state index contributed by atoms with van der Waals surface area (Å²) in [4.78, 5) is 12.0. The van der Waals surface area contributed by atoms with E-state index in [0.29, 0.717) is 5.92 Å². The molecule has 0 bridgehead atoms. The highest BCUT2D eigenvalue weighted by atomic mass is 16.3. The summed E-state index contributed by atoms with van der Waals surface area (Å²) >= 11 is 0. The van der Waals surface area contributed by atoms with Crippen molar-refractivity contribution in [1.29, 1.82) is 0 Å². The molecule has 2 atom stereocenters. The van der Waals surface area contributed by atoms with Crippen LogP contribution in [0.5, 0.6) is 0 Å². The first-order valence-electron chi connectivity index (χ1n) is 6.35. The van der Waals surface area contributed by atoms with Crippen molar-refractivity contribution in [1.82, 2.24) is 10.6 Å². The number of aliphatic hydroxyl groups is 1. The minimum Gasteiger partial charge on any atom is -0.394 e. The lowest BCUT2D eigenvalue weighted by Crippen LogP contribution is -2.52. The average molecular weight is 226 g/mol. The van der Waals surface area contributed by atoms with E-state index in [-0.39, 0.29) is 24.1 Å². The normalized spacial score (nSPS) is 32.1. The zero-order valence-electron chi connectivity index (χ0n) is 9.96. The van der Waals surface area contributed by atoms with Crippen molar-refractivity contribution in [2.24, 2.45) is 5.92 Å². The SMILES string of the molecule is CCC1CCNC(C(=O)NC2(CO)CC2)C1. The maximum Gasteiger partial charge on any atom is 0.237 e. The molecule has 1 saturated heterocycles. The van der Waals surface area contributed by atoms with Gasteiger partial charge < -0.3 is 15.7 Å². The average Bonchev–Trinajstić information content (AvgIpc) is 3.09. The Morgan fingerprint density at radius 2 is 2.31 bits per heavy atom. The van der Waals surface area contributed by atoms with Crippen LogP contribution < -0.4 is 10.6 Å². The second-order valence-electron chi connectivity index (χ2n) is 5.23. The van der Waals surface area contributed by atoms with Gasteiger partial charge in [-0.25, -0.2) is 0 Å². The molecule has 2 rings (SSSR count). The lowest BCUT2D eigenvalue weighted by molar-refractivity contribution is -0.125. The van der Waals surface area contributed by atoms with Crippen molar-refractivity contribution in [2.75, 3.05) is 13.2 Å². The first kappa shape index (κ1) is 11.9. The summed E-state index contributed by atoms with van der Waals surface area (Å²) in [7, 11) is 0. The Morgan fingerprint density at radius 1 is 1.56 bits per heavy atom. The van der Waals surface area contributed by atoms with Crippen molar-refractivity contribution in [2.45, 2.75) is 50.6 Å². The number of carbonyl (C=O) groups excluding carboxylic acids is 1. The molecule has 0 aromatic carbocycles. The Labute approximate surface area is 96.8 Å². The molecular weight excluding hydrogens is 204 g/mol. The number of aliphatic hydroxyl groups excluding tert-OH is 1. The first-order chi connectivity index (χ1) is 7.69. The fraction of sp³-hybridized carbons (Fsp3) is 0.917. The van der Waals surface area contributed by atoms with Gasteiger partial charge in [-0.1, -0.05) is 13.3 Å². The monoisotopic (exact) mass is 226 g/mol. The molecule has 0 aromatic rings. The second kappa shape index (κ2) is 4.72. The van der Waals surface area contributed by atoms with Crippen LogP contribution in [-0.2, 0) is 4.79 Å². The molecule has 2 fully saturated rings. The van der Waals surface area contributed by atoms with E-state index in [4.69, 9.17) is 5.11 Å². The Balaban J connectivity index is 1.84. The Hall–Kier alpha value is -0.610. The summed E-state index contributed by atoms with van der Waals surface area (Å²) in [6.07, 6.45) is 5.09. The molecule has 16 heavy (non-hydrogen) atoms. The quantitative estimate of drug-likeness (QED) is 0.650. The summed E-state index contributed by atoms with van der Waals surface area (Å²) in [5, 5.41) is 15.4. The molecule has 0 radical (unpaired) electrons. The third kappa shape index (κ3) is 2.55. The number of hydrogen-bond acceptors (Lipinski definition) is 3. The number of amides is 1. The molecule has 1 saturated carbocycles. The predicted octanol–water partition coefficient (Wildman–Crippen LogP) is 0.406. The van der Waals surface area contributed by atoms with Gasteiger partial charge in [-0.05, 0) is 38.1 Å². The second-order valence-corrected chi connectivity index (χ2v) is 5.23. The van der Waals surface area contributed by atoms with Crippen molar-refractivity contribution in [3.8, 4) is 0 Å². The lowest BCUT2D eigenvalue weighted by Gasteiger charge is -2.30. The van der Waals surface area contributed by atoms with E-state index in [0.717, 1.165) is 32.2 Å². The lowest BCUT2D eigenvalue weighted by atomic mass is 9.90. The number of nitrogens with one attached hydrogen (secondary N) is 2. The van der Waals surface area contributed by atoms with Crippen molar-refractivity contribution >= 4 is 5.91 Å². The van der Waals surface area contributed by atoms with Gasteiger partial charge in [-0.3, -0.25) is 4.79 Å². The van der Waals surface area contributed by atoms with E-state index in [1.807, 2.05) is 0 Å². The van der Waals surface area contributed by atoms with E-state index in [1.54, 1.807) is 0 Å². The topological polar surface area (TPSA) is 61.4 Å². The van der Waals surface area contributed by atoms with Gasteiger partial charge in [0.15, 0.2) is 0 Å². The molecular formula is C12H22N2O2. The van der Waals surface area contributed by atoms with Gasteiger partial charge in [0.25, 0.3) is 0 Å². The molecule has 1 heterocycles. The first-order valence-corrected chi connectivity index (χ1v) is 6.35. The van der Waals surface area contributed by atoms with E-state index >= 15 is 0 Å². The van der Waals surface area contributed by atoms with Crippen LogP contribution in [0.4, 0.5) is 0 Å². The summed E-state index contributed by atoms with van der Waals surface area (Å²) in [5.41, 5.74) is -0.280. The minimum atomic E-state index is -0.280. The highest BCUT2D eigenvalue weighted by molar-refractivity contribution is 5.83. The highest BCUT2D eigenvalue weighted by Gasteiger charge is 2.44. The molecule has 1 amide bonds. The zero-order chi connectivity index (χ0) is 11.6. The van der Waals surface area contributed by atoms with Gasteiger partial charge in [-0.2, -0.15) is 0 Å². The van der Waals surface area contributed by atoms with Crippen LogP contribution in [0.15, 0.2) is 0 Å². The predicted molar refractivity (Wildman–Crippen MR) is 62.0 cm³/mol. The molecule has 4 nitrogen and oxygen atoms in total. The van der Waals surface area contributed by atoms with Crippen LogP contribution in [0.1, 0.15) is 39.0 Å². The maximum atomic E-state index is 12.0. The summed E-state index contributed by atoms with van der Waals surface area (Å²) in [5.74, 6) is 0.742. The van der Waals surface area contributed by atoms with Crippen molar-refractivity contribution in [3.63, 3.8) is 0 Å². The molecule has 0 aromatic heterocycles. The third-order valence-corrected chi connectivity index (χ3v) is 3.95. The Bertz CT molecular complexity index is 264. The third-order valence-electron chi connectivity index (χ3n) is 3.95. The molecule has 1 aliphatic carbocycles. The van der Waals surface area contributed by atoms with Crippen molar-refractivity contribution in [3.05, 3.63) is 0 Å². The highest BCUT2D eigenvalue weighted by Crippen LogP contribution is 2.34. The Kier molecular flexibility index (Phi) is 3.50. The van der Waals surface area contributed by atoms with Crippen molar-refractivity contribution < 1.29 is 9.90 Å². The largest absolute Gasteiger partial charge is 0.394 e. The Morgan fingerprint density at radius 3 is 2.88 bits per heavy atom. The molecule has 2 aliphatic rings. The van der Waals surface area contributed by atoms with Crippen LogP contribution >= 0.6 is 0 Å². The van der Waals surface area contributed by atoms with Gasteiger partial charge >= 0.3 is 0 Å². The maximum absolute atomic E-state index is 12.0. The molecule has 1 aliphatic heterocycles. The standard InChI is InChI=1S/C12H22N2O2/c1-2-9-3-6-13-10(7-9)11(16)14-12(8-15)4-5-12/h9-10,13,15H,2-8H2,1H3,(H,14,16). The van der Waals surface area contributed by atoms with Crippen LogP contribution in [0.3, 0.4) is 0 Å². The number of piperidine rings is 1. The molecule has 92 valence electrons. The zero-order valence-corrected chi connectivity index (χ0v) is 9.96. The molecule has 3 N–H and O–H groups in total. The van der Waals surface area contributed by atoms with E-state index < -0.39 is 0 Å². The van der Waals surface area contributed by atoms with Gasteiger partial charge in [0.2, 0.25) is 5.91 Å². The van der Waals surface area contributed by atoms with E-state index in [9.17, 15) is 4.79 Å². The smallest absolute Gasteiger partial charge is 0.237 e. The van der Waals surface area contributed by atoms with Gasteiger partial charge in [0, 0.05) is 0 Å². The van der Waals surface area contributed by atoms with Crippen LogP contribution in [-0.4, -0.2) is 35.7 Å². The van der Waals surface area contributed by atoms with E-state index in [2.05, 4.69) is 17.6 Å². The fourth-order valence-electron chi connectivity index (χ4n) is 2.39. The van der Waals surface area contributed by atoms with Crippen LogP contribution in [0, 0.1) is 5.92 Å². The van der Waals surface area contributed by atoms with E-state index in [1.165, 1.54) is 6.42 Å². The van der Waals surface area contributed by atoms with Gasteiger partial charge in [0.05, 0.1) is 18.2 Å². The van der Waals surface area contributed by atoms with Gasteiger partial charge in [0.1, 0.15) is 0 Å². The van der Waals surface area contributed by atoms with Gasteiger partial charge in [-0.15, -0.1) is 0 Å². The van der Waals surface area contributed by atoms with Crippen LogP contribution in [0.2, 0.25) is 0 Å². The van der Waals surface area contributed by atoms with Crippen LogP contribution in [0.25, 0.3) is 0 Å². The summed E-state index contributed by atoms with van der Waals surface area (Å²) in [6.45, 7) is 3.19. The molecule has 0 spiro atoms.